The SMILES string of the molecule is Cc1cc(CNc2ccc(-c3nc(-c4ccccc4C)no3)cn2)n[nH]1. The molecule has 0 amide bonds. The van der Waals surface area contributed by atoms with E-state index in [2.05, 4.69) is 30.6 Å². The van der Waals surface area contributed by atoms with Crippen LogP contribution < -0.4 is 5.32 Å². The van der Waals surface area contributed by atoms with E-state index in [-0.39, 0.29) is 0 Å². The summed E-state index contributed by atoms with van der Waals surface area (Å²) in [6.45, 7) is 4.60. The van der Waals surface area contributed by atoms with Gasteiger partial charge in [0.05, 0.1) is 17.8 Å². The van der Waals surface area contributed by atoms with Crippen molar-refractivity contribution in [3.8, 4) is 22.8 Å². The highest BCUT2D eigenvalue weighted by Gasteiger charge is 2.12. The molecule has 0 saturated heterocycles. The molecule has 0 spiro atoms. The summed E-state index contributed by atoms with van der Waals surface area (Å²) in [6, 6.07) is 13.7. The molecule has 0 fully saturated rings. The molecule has 0 radical (unpaired) electrons. The van der Waals surface area contributed by atoms with E-state index in [9.17, 15) is 0 Å². The van der Waals surface area contributed by atoms with Crippen molar-refractivity contribution in [2.24, 2.45) is 0 Å². The summed E-state index contributed by atoms with van der Waals surface area (Å²) in [5.41, 5.74) is 4.81. The first-order chi connectivity index (χ1) is 12.7. The number of benzene rings is 1. The average Bonchev–Trinajstić information content (AvgIpc) is 3.30. The Morgan fingerprint density at radius 3 is 2.73 bits per heavy atom. The molecule has 26 heavy (non-hydrogen) atoms. The van der Waals surface area contributed by atoms with E-state index in [0.29, 0.717) is 18.3 Å². The molecule has 0 saturated carbocycles. The molecule has 1 aromatic carbocycles. The van der Waals surface area contributed by atoms with Crippen LogP contribution in [0.15, 0.2) is 53.2 Å². The zero-order valence-electron chi connectivity index (χ0n) is 14.5. The number of nitrogens with one attached hydrogen (secondary N) is 2. The van der Waals surface area contributed by atoms with E-state index in [1.807, 2.05) is 56.3 Å². The van der Waals surface area contributed by atoms with Crippen molar-refractivity contribution < 1.29 is 4.52 Å². The molecule has 3 heterocycles. The number of hydrogen-bond donors (Lipinski definition) is 2. The van der Waals surface area contributed by atoms with Gasteiger partial charge in [-0.25, -0.2) is 4.98 Å². The minimum absolute atomic E-state index is 0.449. The van der Waals surface area contributed by atoms with Crippen LogP contribution in [0.4, 0.5) is 5.82 Å². The average molecular weight is 346 g/mol. The van der Waals surface area contributed by atoms with Crippen LogP contribution in [-0.4, -0.2) is 25.3 Å². The molecule has 3 aromatic heterocycles. The van der Waals surface area contributed by atoms with E-state index in [1.165, 1.54) is 0 Å². The molecule has 4 rings (SSSR count). The number of nitrogens with zero attached hydrogens (tertiary/aromatic N) is 4. The molecule has 0 atom stereocenters. The second-order valence-corrected chi connectivity index (χ2v) is 6.07. The van der Waals surface area contributed by atoms with Crippen molar-refractivity contribution in [3.05, 3.63) is 65.6 Å². The van der Waals surface area contributed by atoms with Gasteiger partial charge in [0.2, 0.25) is 5.82 Å². The van der Waals surface area contributed by atoms with Gasteiger partial charge < -0.3 is 9.84 Å². The summed E-state index contributed by atoms with van der Waals surface area (Å²) in [6.07, 6.45) is 1.72. The monoisotopic (exact) mass is 346 g/mol. The van der Waals surface area contributed by atoms with Gasteiger partial charge in [-0.3, -0.25) is 5.10 Å². The van der Waals surface area contributed by atoms with Crippen molar-refractivity contribution in [1.82, 2.24) is 25.3 Å². The van der Waals surface area contributed by atoms with Gasteiger partial charge in [-0.15, -0.1) is 0 Å². The molecule has 0 aliphatic carbocycles. The summed E-state index contributed by atoms with van der Waals surface area (Å²) in [5, 5.41) is 14.4. The van der Waals surface area contributed by atoms with E-state index < -0.39 is 0 Å². The standard InChI is InChI=1S/C19H18N6O/c1-12-5-3-4-6-16(12)18-22-19(26-25-18)14-7-8-17(20-10-14)21-11-15-9-13(2)23-24-15/h3-10H,11H2,1-2H3,(H,20,21)(H,23,24). The fourth-order valence-corrected chi connectivity index (χ4v) is 2.64. The van der Waals surface area contributed by atoms with Crippen LogP contribution in [0.1, 0.15) is 17.0 Å². The van der Waals surface area contributed by atoms with E-state index >= 15 is 0 Å². The van der Waals surface area contributed by atoms with Gasteiger partial charge in [0.15, 0.2) is 0 Å². The Morgan fingerprint density at radius 2 is 2.00 bits per heavy atom. The highest BCUT2D eigenvalue weighted by molar-refractivity contribution is 5.62. The van der Waals surface area contributed by atoms with E-state index in [0.717, 1.165) is 33.9 Å². The number of hydrogen-bond acceptors (Lipinski definition) is 6. The zero-order chi connectivity index (χ0) is 17.9. The molecule has 130 valence electrons. The molecule has 7 heteroatoms. The number of pyridine rings is 1. The first-order valence-corrected chi connectivity index (χ1v) is 8.30. The molecule has 0 aliphatic rings. The molecule has 0 bridgehead atoms. The maximum absolute atomic E-state index is 5.40. The van der Waals surface area contributed by atoms with Crippen LogP contribution in [0.5, 0.6) is 0 Å². The van der Waals surface area contributed by atoms with Crippen LogP contribution in [0, 0.1) is 13.8 Å². The van der Waals surface area contributed by atoms with Crippen molar-refractivity contribution in [2.75, 3.05) is 5.32 Å². The number of aromatic amines is 1. The van der Waals surface area contributed by atoms with Crippen molar-refractivity contribution in [1.29, 1.82) is 0 Å². The highest BCUT2D eigenvalue weighted by atomic mass is 16.5. The van der Waals surface area contributed by atoms with Gasteiger partial charge >= 0.3 is 0 Å². The van der Waals surface area contributed by atoms with Gasteiger partial charge in [-0.05, 0) is 37.6 Å². The maximum Gasteiger partial charge on any atom is 0.259 e. The quantitative estimate of drug-likeness (QED) is 0.572. The van der Waals surface area contributed by atoms with Crippen molar-refractivity contribution in [2.45, 2.75) is 20.4 Å². The Kier molecular flexibility index (Phi) is 4.18. The third-order valence-corrected chi connectivity index (χ3v) is 4.03. The van der Waals surface area contributed by atoms with Gasteiger partial charge in [-0.2, -0.15) is 10.1 Å². The number of rotatable bonds is 5. The fraction of sp³-hybridized carbons (Fsp3) is 0.158. The largest absolute Gasteiger partial charge is 0.364 e. The second-order valence-electron chi connectivity index (χ2n) is 6.07. The molecule has 7 nitrogen and oxygen atoms in total. The van der Waals surface area contributed by atoms with Gasteiger partial charge in [0.1, 0.15) is 5.82 Å². The lowest BCUT2D eigenvalue weighted by atomic mass is 10.1. The van der Waals surface area contributed by atoms with Gasteiger partial charge in [0.25, 0.3) is 5.89 Å². The first kappa shape index (κ1) is 16.0. The molecule has 0 unspecified atom stereocenters. The Balaban J connectivity index is 1.48. The summed E-state index contributed by atoms with van der Waals surface area (Å²) in [5.74, 6) is 1.78. The number of anilines is 1. The molecular weight excluding hydrogens is 328 g/mol. The number of aromatic nitrogens is 5. The van der Waals surface area contributed by atoms with Crippen LogP contribution in [0.3, 0.4) is 0 Å². The molecule has 0 aliphatic heterocycles. The molecule has 4 aromatic rings. The summed E-state index contributed by atoms with van der Waals surface area (Å²) >= 11 is 0. The van der Waals surface area contributed by atoms with Crippen LogP contribution in [-0.2, 0) is 6.54 Å². The Bertz CT molecular complexity index is 1020. The summed E-state index contributed by atoms with van der Waals surface area (Å²) in [4.78, 5) is 8.88. The third-order valence-electron chi connectivity index (χ3n) is 4.03. The lowest BCUT2D eigenvalue weighted by Gasteiger charge is -2.03. The van der Waals surface area contributed by atoms with Crippen molar-refractivity contribution >= 4 is 5.82 Å². The lowest BCUT2D eigenvalue weighted by molar-refractivity contribution is 0.432. The van der Waals surface area contributed by atoms with E-state index in [1.54, 1.807) is 6.20 Å². The Morgan fingerprint density at radius 1 is 1.12 bits per heavy atom. The van der Waals surface area contributed by atoms with Gasteiger partial charge in [0, 0.05) is 17.5 Å². The summed E-state index contributed by atoms with van der Waals surface area (Å²) in [7, 11) is 0. The minimum Gasteiger partial charge on any atom is -0.364 e. The molecule has 2 N–H and O–H groups in total. The normalized spacial score (nSPS) is 10.8. The zero-order valence-corrected chi connectivity index (χ0v) is 14.5. The second kappa shape index (κ2) is 6.79. The smallest absolute Gasteiger partial charge is 0.259 e. The summed E-state index contributed by atoms with van der Waals surface area (Å²) < 4.78 is 5.40. The van der Waals surface area contributed by atoms with Gasteiger partial charge in [-0.1, -0.05) is 29.4 Å². The number of H-pyrrole nitrogens is 1. The Hall–Kier alpha value is -3.48. The topological polar surface area (TPSA) is 92.5 Å². The lowest BCUT2D eigenvalue weighted by Crippen LogP contribution is -2.01. The van der Waals surface area contributed by atoms with Crippen LogP contribution in [0.25, 0.3) is 22.8 Å². The highest BCUT2D eigenvalue weighted by Crippen LogP contribution is 2.24. The van der Waals surface area contributed by atoms with Crippen LogP contribution >= 0.6 is 0 Å². The first-order valence-electron chi connectivity index (χ1n) is 8.30. The maximum atomic E-state index is 5.40. The minimum atomic E-state index is 0.449. The third kappa shape index (κ3) is 3.32. The predicted molar refractivity (Wildman–Crippen MR) is 98.4 cm³/mol. The van der Waals surface area contributed by atoms with Crippen LogP contribution in [0.2, 0.25) is 0 Å². The molecular formula is C19H18N6O. The number of aryl methyl sites for hydroxylation is 2. The van der Waals surface area contributed by atoms with Crippen molar-refractivity contribution in [3.63, 3.8) is 0 Å². The van der Waals surface area contributed by atoms with E-state index in [4.69, 9.17) is 4.52 Å². The fourth-order valence-electron chi connectivity index (χ4n) is 2.64. The Labute approximate surface area is 150 Å². The predicted octanol–water partition coefficient (Wildman–Crippen LogP) is 3.75.